The molecule has 0 spiro atoms. The van der Waals surface area contributed by atoms with Gasteiger partial charge in [-0.3, -0.25) is 0 Å². The molecule has 0 amide bonds. The summed E-state index contributed by atoms with van der Waals surface area (Å²) < 4.78 is 0. The third kappa shape index (κ3) is 18.7. The molecule has 0 fully saturated rings. The smallest absolute Gasteiger partial charge is 0.357 e. The van der Waals surface area contributed by atoms with Crippen LogP contribution in [0.3, 0.4) is 0 Å². The Morgan fingerprint density at radius 1 is 0.739 bits per heavy atom. The molecule has 0 N–H and O–H groups in total. The van der Waals surface area contributed by atoms with Crippen LogP contribution < -0.4 is 0 Å². The molecule has 1 radical (unpaired) electrons. The van der Waals surface area contributed by atoms with Crippen LogP contribution in [0, 0.1) is 31.1 Å². The molecule has 0 bridgehead atoms. The van der Waals surface area contributed by atoms with Gasteiger partial charge in [-0.05, 0) is 5.92 Å². The molecule has 0 rings (SSSR count). The predicted molar refractivity (Wildman–Crippen MR) is 103 cm³/mol. The van der Waals surface area contributed by atoms with E-state index in [2.05, 4.69) is 47.0 Å². The molecule has 0 aliphatic heterocycles. The van der Waals surface area contributed by atoms with Gasteiger partial charge in [0, 0.05) is 0 Å². The molecule has 0 aliphatic rings. The third-order valence-corrected chi connectivity index (χ3v) is 4.84. The normalized spacial score (nSPS) is 13.6. The Balaban J connectivity index is 0. The van der Waals surface area contributed by atoms with E-state index in [-0.39, 0.29) is 17.1 Å². The molecule has 23 heavy (non-hydrogen) atoms. The van der Waals surface area contributed by atoms with Gasteiger partial charge in [-0.2, -0.15) is 25.7 Å². The molecule has 139 valence electrons. The monoisotopic (exact) mass is 363 g/mol. The molecule has 0 saturated carbocycles. The molecule has 0 heterocycles. The van der Waals surface area contributed by atoms with Crippen LogP contribution in [0.1, 0.15) is 111 Å². The van der Waals surface area contributed by atoms with Gasteiger partial charge in [-0.1, -0.05) is 85.0 Å². The van der Waals surface area contributed by atoms with Crippen molar-refractivity contribution >= 4 is 0 Å². The number of hydrogen-bond donors (Lipinski definition) is 0. The van der Waals surface area contributed by atoms with E-state index >= 15 is 0 Å². The van der Waals surface area contributed by atoms with Crippen LogP contribution in [0.25, 0.3) is 0 Å². The Hall–Kier alpha value is 0.519. The average molecular weight is 363 g/mol. The fourth-order valence-electron chi connectivity index (χ4n) is 3.03. The molecule has 2 unspecified atom stereocenters. The van der Waals surface area contributed by atoms with Crippen molar-refractivity contribution in [1.82, 2.24) is 0 Å². The minimum atomic E-state index is 0. The molecular formula is C22H43Fe. The minimum absolute atomic E-state index is 0. The van der Waals surface area contributed by atoms with Crippen molar-refractivity contribution in [2.24, 2.45) is 11.8 Å². The van der Waals surface area contributed by atoms with Crippen molar-refractivity contribution in [2.45, 2.75) is 111 Å². The first-order chi connectivity index (χ1) is 10.7. The first kappa shape index (κ1) is 25.8. The predicted octanol–water partition coefficient (Wildman–Crippen LogP) is 7.98. The van der Waals surface area contributed by atoms with Crippen LogP contribution in [0.5, 0.6) is 0 Å². The quantitative estimate of drug-likeness (QED) is 0.140. The van der Waals surface area contributed by atoms with Gasteiger partial charge in [-0.15, -0.1) is 0 Å². The summed E-state index contributed by atoms with van der Waals surface area (Å²) in [5, 5.41) is 0. The van der Waals surface area contributed by atoms with Crippen LogP contribution in [-0.4, -0.2) is 0 Å². The fourth-order valence-corrected chi connectivity index (χ4v) is 3.03. The van der Waals surface area contributed by atoms with Crippen molar-refractivity contribution in [3.05, 3.63) is 19.3 Å². The van der Waals surface area contributed by atoms with E-state index < -0.39 is 0 Å². The zero-order valence-electron chi connectivity index (χ0n) is 16.4. The van der Waals surface area contributed by atoms with Gasteiger partial charge in [0.15, 0.2) is 0 Å². The molecular weight excluding hydrogens is 320 g/mol. The Bertz CT molecular complexity index is 202. The first-order valence-electron chi connectivity index (χ1n) is 10.2. The van der Waals surface area contributed by atoms with Gasteiger partial charge < -0.3 is 25.7 Å². The van der Waals surface area contributed by atoms with Crippen LogP contribution >= 0.6 is 0 Å². The summed E-state index contributed by atoms with van der Waals surface area (Å²) in [6.07, 6.45) is 25.0. The zero-order chi connectivity index (χ0) is 16.5. The number of rotatable bonds is 17. The molecule has 0 aliphatic carbocycles. The summed E-state index contributed by atoms with van der Waals surface area (Å²) in [5.41, 5.74) is 0. The van der Waals surface area contributed by atoms with Crippen molar-refractivity contribution in [3.63, 3.8) is 0 Å². The molecule has 0 saturated heterocycles. The number of unbranched alkanes of at least 4 members (excludes halogenated alkanes) is 9. The molecule has 0 aromatic heterocycles. The van der Waals surface area contributed by atoms with E-state index in [0.29, 0.717) is 0 Å². The summed E-state index contributed by atoms with van der Waals surface area (Å²) in [4.78, 5) is 0. The zero-order valence-corrected chi connectivity index (χ0v) is 17.5. The maximum Gasteiger partial charge on any atom is 3.00 e. The Morgan fingerprint density at radius 2 is 1.48 bits per heavy atom. The topological polar surface area (TPSA) is 0 Å². The summed E-state index contributed by atoms with van der Waals surface area (Å²) in [7, 11) is 0. The van der Waals surface area contributed by atoms with Crippen LogP contribution in [0.4, 0.5) is 0 Å². The van der Waals surface area contributed by atoms with E-state index in [1.807, 2.05) is 0 Å². The van der Waals surface area contributed by atoms with E-state index in [1.54, 1.807) is 0 Å². The van der Waals surface area contributed by atoms with Gasteiger partial charge in [0.25, 0.3) is 0 Å². The largest absolute Gasteiger partial charge is 3.00 e. The second-order valence-electron chi connectivity index (χ2n) is 7.16. The van der Waals surface area contributed by atoms with E-state index in [0.717, 1.165) is 11.8 Å². The molecule has 1 heteroatoms. The first-order valence-corrected chi connectivity index (χ1v) is 10.2. The average Bonchev–Trinajstić information content (AvgIpc) is 2.53. The van der Waals surface area contributed by atoms with Crippen molar-refractivity contribution in [2.75, 3.05) is 0 Å². The fraction of sp³-hybridized carbons (Fsp3) is 0.864. The van der Waals surface area contributed by atoms with Crippen LogP contribution in [0.2, 0.25) is 0 Å². The summed E-state index contributed by atoms with van der Waals surface area (Å²) in [6, 6.07) is 0. The molecule has 0 nitrogen and oxygen atoms in total. The molecule has 0 aromatic rings. The summed E-state index contributed by atoms with van der Waals surface area (Å²) >= 11 is 0. The molecule has 2 atom stereocenters. The maximum absolute atomic E-state index is 2.51. The Labute approximate surface area is 159 Å². The van der Waals surface area contributed by atoms with E-state index in [4.69, 9.17) is 0 Å². The summed E-state index contributed by atoms with van der Waals surface area (Å²) in [6.45, 7) is 9.35. The van der Waals surface area contributed by atoms with Gasteiger partial charge in [0.2, 0.25) is 0 Å². The number of hydrogen-bond acceptors (Lipinski definition) is 0. The van der Waals surface area contributed by atoms with Crippen LogP contribution in [0.15, 0.2) is 0 Å². The van der Waals surface area contributed by atoms with Crippen LogP contribution in [-0.2, 0) is 17.1 Å². The van der Waals surface area contributed by atoms with Gasteiger partial charge in [-0.25, -0.2) is 0 Å². The van der Waals surface area contributed by atoms with Gasteiger partial charge >= 0.3 is 17.1 Å². The van der Waals surface area contributed by atoms with Gasteiger partial charge in [0.1, 0.15) is 0 Å². The third-order valence-electron chi connectivity index (χ3n) is 4.84. The van der Waals surface area contributed by atoms with Crippen molar-refractivity contribution < 1.29 is 17.1 Å². The van der Waals surface area contributed by atoms with Crippen molar-refractivity contribution in [3.8, 4) is 0 Å². The Kier molecular flexibility index (Phi) is 23.0. The minimum Gasteiger partial charge on any atom is -0.357 e. The maximum atomic E-state index is 2.51. The van der Waals surface area contributed by atoms with Crippen molar-refractivity contribution in [1.29, 1.82) is 0 Å². The second-order valence-corrected chi connectivity index (χ2v) is 7.16. The van der Waals surface area contributed by atoms with Gasteiger partial charge in [0.05, 0.1) is 0 Å². The second kappa shape index (κ2) is 20.6. The summed E-state index contributed by atoms with van der Waals surface area (Å²) in [5.74, 6) is 1.84. The van der Waals surface area contributed by atoms with E-state index in [1.165, 1.54) is 83.5 Å². The SMILES string of the molecule is CCC[CH-]C[CH-]CC(CC)CCC(C)CCC[CH-]CCCC.[Fe+3]. The Morgan fingerprint density at radius 3 is 2.13 bits per heavy atom. The van der Waals surface area contributed by atoms with E-state index in [9.17, 15) is 0 Å². The molecule has 0 aromatic carbocycles. The standard InChI is InChI=1S/C22H43.Fe/c1-5-8-10-12-14-15-17-21(4)19-20-22(7-3)18-16-13-11-9-6-2;/h11-12,16,21-22H,5-10,13-15,17-20H2,1-4H3;/q-3;+3.